The van der Waals surface area contributed by atoms with E-state index in [0.717, 1.165) is 6.16 Å². The summed E-state index contributed by atoms with van der Waals surface area (Å²) in [5.74, 6) is 0. The van der Waals surface area contributed by atoms with Crippen molar-refractivity contribution in [3.8, 4) is 0 Å². The molecule has 1 saturated heterocycles. The van der Waals surface area contributed by atoms with Crippen molar-refractivity contribution < 1.29 is 9.47 Å². The van der Waals surface area contributed by atoms with Gasteiger partial charge < -0.3 is 9.47 Å². The molecule has 1 aliphatic heterocycles. The molecule has 3 rings (SSSR count). The summed E-state index contributed by atoms with van der Waals surface area (Å²) in [5, 5.41) is 2.82. The lowest BCUT2D eigenvalue weighted by Gasteiger charge is -2.25. The van der Waals surface area contributed by atoms with E-state index in [1.165, 1.54) is 10.6 Å². The second-order valence-electron chi connectivity index (χ2n) is 5.22. The van der Waals surface area contributed by atoms with Gasteiger partial charge in [-0.25, -0.2) is 0 Å². The Kier molecular flexibility index (Phi) is 4.16. The summed E-state index contributed by atoms with van der Waals surface area (Å²) in [6.07, 6.45) is 0.884. The average Bonchev–Trinajstić information content (AvgIpc) is 3.02. The zero-order chi connectivity index (χ0) is 13.8. The number of benzene rings is 2. The van der Waals surface area contributed by atoms with Gasteiger partial charge in [-0.1, -0.05) is 36.4 Å². The van der Waals surface area contributed by atoms with Gasteiger partial charge >= 0.3 is 0 Å². The van der Waals surface area contributed by atoms with Crippen molar-refractivity contribution in [3.05, 3.63) is 60.7 Å². The summed E-state index contributed by atoms with van der Waals surface area (Å²) < 4.78 is 11.4. The van der Waals surface area contributed by atoms with E-state index in [0.29, 0.717) is 13.2 Å². The van der Waals surface area contributed by atoms with Crippen molar-refractivity contribution in [2.75, 3.05) is 26.0 Å². The van der Waals surface area contributed by atoms with Crippen molar-refractivity contribution >= 4 is 17.9 Å². The lowest BCUT2D eigenvalue weighted by Crippen LogP contribution is -2.29. The average molecular weight is 287 g/mol. The highest BCUT2D eigenvalue weighted by atomic mass is 31.2. The fraction of sp³-hybridized carbons (Fsp3) is 0.294. The molecule has 0 bridgehead atoms. The lowest BCUT2D eigenvalue weighted by molar-refractivity contribution is -0.0223. The van der Waals surface area contributed by atoms with E-state index in [4.69, 9.17) is 9.47 Å². The van der Waals surface area contributed by atoms with Crippen LogP contribution in [0, 0.1) is 0 Å². The van der Waals surface area contributed by atoms with E-state index in [1.54, 1.807) is 0 Å². The molecule has 0 N–H and O–H groups in total. The fourth-order valence-corrected chi connectivity index (χ4v) is 5.87. The SMILES string of the molecule is C[P+](CC1OCCO1)(c1ccccc1)c1ccccc1. The highest BCUT2D eigenvalue weighted by Crippen LogP contribution is 2.53. The molecule has 0 saturated carbocycles. The van der Waals surface area contributed by atoms with E-state index in [9.17, 15) is 0 Å². The molecule has 0 aliphatic carbocycles. The van der Waals surface area contributed by atoms with Crippen LogP contribution in [0.4, 0.5) is 0 Å². The zero-order valence-corrected chi connectivity index (χ0v) is 12.6. The molecule has 1 heterocycles. The van der Waals surface area contributed by atoms with Crippen LogP contribution in [-0.4, -0.2) is 32.3 Å². The second-order valence-corrected chi connectivity index (χ2v) is 9.00. The van der Waals surface area contributed by atoms with Crippen LogP contribution < -0.4 is 10.6 Å². The largest absolute Gasteiger partial charge is 0.347 e. The van der Waals surface area contributed by atoms with Gasteiger partial charge in [0.25, 0.3) is 0 Å². The molecule has 0 amide bonds. The molecule has 3 heteroatoms. The summed E-state index contributed by atoms with van der Waals surface area (Å²) in [7, 11) is -1.47. The van der Waals surface area contributed by atoms with Crippen LogP contribution in [0.15, 0.2) is 60.7 Å². The minimum absolute atomic E-state index is 0.0613. The molecule has 1 aliphatic rings. The Hall–Kier alpha value is -1.21. The van der Waals surface area contributed by atoms with E-state index in [2.05, 4.69) is 67.3 Å². The Bertz CT molecular complexity index is 496. The molecule has 2 nitrogen and oxygen atoms in total. The Morgan fingerprint density at radius 1 is 0.850 bits per heavy atom. The lowest BCUT2D eigenvalue weighted by atomic mass is 10.4. The molecule has 20 heavy (non-hydrogen) atoms. The number of hydrogen-bond acceptors (Lipinski definition) is 2. The standard InChI is InChI=1S/C17H20O2P/c1-20(14-17-18-12-13-19-17,15-8-4-2-5-9-15)16-10-6-3-7-11-16/h2-11,17H,12-14H2,1H3/q+1. The molecule has 2 aromatic carbocycles. The van der Waals surface area contributed by atoms with Gasteiger partial charge in [0.1, 0.15) is 6.16 Å². The van der Waals surface area contributed by atoms with Crippen molar-refractivity contribution in [2.45, 2.75) is 6.29 Å². The first kappa shape index (κ1) is 13.8. The highest BCUT2D eigenvalue weighted by molar-refractivity contribution is 7.88. The number of rotatable bonds is 4. The monoisotopic (exact) mass is 287 g/mol. The maximum Gasteiger partial charge on any atom is 0.192 e. The van der Waals surface area contributed by atoms with Crippen LogP contribution in [0.1, 0.15) is 0 Å². The van der Waals surface area contributed by atoms with Gasteiger partial charge in [-0.3, -0.25) is 0 Å². The Balaban J connectivity index is 1.98. The van der Waals surface area contributed by atoms with E-state index in [-0.39, 0.29) is 6.29 Å². The van der Waals surface area contributed by atoms with Gasteiger partial charge in [-0.15, -0.1) is 0 Å². The van der Waals surface area contributed by atoms with E-state index >= 15 is 0 Å². The predicted octanol–water partition coefficient (Wildman–Crippen LogP) is 2.66. The minimum atomic E-state index is -1.47. The first-order chi connectivity index (χ1) is 9.79. The summed E-state index contributed by atoms with van der Waals surface area (Å²) in [5.41, 5.74) is 0. The predicted molar refractivity (Wildman–Crippen MR) is 85.6 cm³/mol. The van der Waals surface area contributed by atoms with Crippen molar-refractivity contribution in [1.29, 1.82) is 0 Å². The second kappa shape index (κ2) is 6.05. The molecule has 0 radical (unpaired) electrons. The van der Waals surface area contributed by atoms with E-state index in [1.807, 2.05) is 0 Å². The third kappa shape index (κ3) is 2.78. The molecule has 1 fully saturated rings. The van der Waals surface area contributed by atoms with Gasteiger partial charge in [-0.2, -0.15) is 0 Å². The molecule has 0 spiro atoms. The number of ether oxygens (including phenoxy) is 2. The van der Waals surface area contributed by atoms with Crippen molar-refractivity contribution in [2.24, 2.45) is 0 Å². The summed E-state index contributed by atoms with van der Waals surface area (Å²) in [6.45, 7) is 3.81. The van der Waals surface area contributed by atoms with Crippen LogP contribution in [0.5, 0.6) is 0 Å². The Labute approximate surface area is 121 Å². The van der Waals surface area contributed by atoms with Crippen LogP contribution in [0.2, 0.25) is 0 Å². The normalized spacial score (nSPS) is 16.4. The molecule has 0 aromatic heterocycles. The first-order valence-corrected chi connectivity index (χ1v) is 9.41. The summed E-state index contributed by atoms with van der Waals surface area (Å²) in [6, 6.07) is 21.5. The van der Waals surface area contributed by atoms with Gasteiger partial charge in [0.2, 0.25) is 0 Å². The minimum Gasteiger partial charge on any atom is -0.347 e. The highest BCUT2D eigenvalue weighted by Gasteiger charge is 2.41. The quantitative estimate of drug-likeness (QED) is 0.805. The third-order valence-electron chi connectivity index (χ3n) is 3.86. The smallest absolute Gasteiger partial charge is 0.192 e. The molecule has 0 atom stereocenters. The number of hydrogen-bond donors (Lipinski definition) is 0. The first-order valence-electron chi connectivity index (χ1n) is 6.99. The maximum absolute atomic E-state index is 5.70. The summed E-state index contributed by atoms with van der Waals surface area (Å²) >= 11 is 0. The van der Waals surface area contributed by atoms with Gasteiger partial charge in [0, 0.05) is 0 Å². The van der Waals surface area contributed by atoms with Gasteiger partial charge in [0.05, 0.1) is 37.8 Å². The Morgan fingerprint density at radius 2 is 1.30 bits per heavy atom. The van der Waals surface area contributed by atoms with E-state index < -0.39 is 7.26 Å². The molecular weight excluding hydrogens is 267 g/mol. The molecule has 0 unspecified atom stereocenters. The third-order valence-corrected chi connectivity index (χ3v) is 7.76. The molecule has 104 valence electrons. The van der Waals surface area contributed by atoms with Gasteiger partial charge in [-0.05, 0) is 24.3 Å². The van der Waals surface area contributed by atoms with Crippen LogP contribution in [0.25, 0.3) is 0 Å². The zero-order valence-electron chi connectivity index (χ0n) is 11.7. The maximum atomic E-state index is 5.70. The van der Waals surface area contributed by atoms with Crippen molar-refractivity contribution in [3.63, 3.8) is 0 Å². The van der Waals surface area contributed by atoms with Crippen LogP contribution >= 0.6 is 7.26 Å². The summed E-state index contributed by atoms with van der Waals surface area (Å²) in [4.78, 5) is 0. The molecular formula is C17H20O2P+. The molecule has 2 aromatic rings. The topological polar surface area (TPSA) is 18.5 Å². The van der Waals surface area contributed by atoms with Crippen LogP contribution in [-0.2, 0) is 9.47 Å². The van der Waals surface area contributed by atoms with Crippen molar-refractivity contribution in [1.82, 2.24) is 0 Å². The van der Waals surface area contributed by atoms with Gasteiger partial charge in [0.15, 0.2) is 6.29 Å². The van der Waals surface area contributed by atoms with Crippen LogP contribution in [0.3, 0.4) is 0 Å². The fourth-order valence-electron chi connectivity index (χ4n) is 2.68. The Morgan fingerprint density at radius 3 is 1.75 bits per heavy atom.